The van der Waals surface area contributed by atoms with Crippen molar-refractivity contribution in [3.63, 3.8) is 0 Å². The maximum absolute atomic E-state index is 13.6. The van der Waals surface area contributed by atoms with Gasteiger partial charge in [0.15, 0.2) is 5.65 Å². The van der Waals surface area contributed by atoms with Gasteiger partial charge in [0.25, 0.3) is 0 Å². The second kappa shape index (κ2) is 10.3. The molecule has 4 heterocycles. The molecular formula is C28H31FN6O2. The Kier molecular flexibility index (Phi) is 6.88. The zero-order valence-electron chi connectivity index (χ0n) is 21.4. The second-order valence-corrected chi connectivity index (χ2v) is 10.2. The van der Waals surface area contributed by atoms with Crippen molar-refractivity contribution in [3.8, 4) is 22.4 Å². The Labute approximate surface area is 215 Å². The number of hydrogen-bond donors (Lipinski definition) is 0. The number of fused-ring (bicyclic) bond motifs is 1. The molecule has 8 nitrogen and oxygen atoms in total. The van der Waals surface area contributed by atoms with E-state index >= 15 is 0 Å². The van der Waals surface area contributed by atoms with Gasteiger partial charge >= 0.3 is 6.09 Å². The minimum Gasteiger partial charge on any atom is -0.444 e. The van der Waals surface area contributed by atoms with E-state index in [1.165, 1.54) is 12.1 Å². The molecule has 5 rings (SSSR count). The molecule has 3 aromatic heterocycles. The lowest BCUT2D eigenvalue weighted by Gasteiger charge is -2.35. The molecule has 1 fully saturated rings. The number of carbonyl (C=O) groups excluding carboxylic acids is 1. The van der Waals surface area contributed by atoms with Crippen LogP contribution in [0.4, 0.5) is 9.18 Å². The molecule has 9 heteroatoms. The number of hydrogen-bond acceptors (Lipinski definition) is 6. The Hall–Kier alpha value is -3.85. The van der Waals surface area contributed by atoms with Crippen molar-refractivity contribution in [1.29, 1.82) is 0 Å². The van der Waals surface area contributed by atoms with Crippen LogP contribution in [0.25, 0.3) is 33.4 Å². The quantitative estimate of drug-likeness (QED) is 0.388. The van der Waals surface area contributed by atoms with Gasteiger partial charge in [0.05, 0.1) is 12.2 Å². The van der Waals surface area contributed by atoms with Gasteiger partial charge in [-0.1, -0.05) is 0 Å². The molecule has 1 aromatic carbocycles. The average Bonchev–Trinajstić information content (AvgIpc) is 3.29. The van der Waals surface area contributed by atoms with Gasteiger partial charge in [-0.3, -0.25) is 14.6 Å². The molecule has 1 aliphatic heterocycles. The molecule has 1 aliphatic rings. The predicted molar refractivity (Wildman–Crippen MR) is 140 cm³/mol. The first-order valence-electron chi connectivity index (χ1n) is 12.5. The third-order valence-corrected chi connectivity index (χ3v) is 6.32. The van der Waals surface area contributed by atoms with E-state index < -0.39 is 5.60 Å². The van der Waals surface area contributed by atoms with Crippen molar-refractivity contribution >= 4 is 17.1 Å². The summed E-state index contributed by atoms with van der Waals surface area (Å²) >= 11 is 0. The fourth-order valence-electron chi connectivity index (χ4n) is 4.42. The van der Waals surface area contributed by atoms with Crippen LogP contribution in [0.15, 0.2) is 61.1 Å². The maximum atomic E-state index is 13.6. The first kappa shape index (κ1) is 24.8. The zero-order valence-corrected chi connectivity index (χ0v) is 21.4. The number of rotatable bonds is 5. The van der Waals surface area contributed by atoms with Gasteiger partial charge in [-0.2, -0.15) is 5.10 Å². The van der Waals surface area contributed by atoms with E-state index in [4.69, 9.17) is 14.8 Å². The zero-order chi connectivity index (χ0) is 26.0. The first-order valence-corrected chi connectivity index (χ1v) is 12.5. The number of pyridine rings is 2. The first-order chi connectivity index (χ1) is 17.7. The Morgan fingerprint density at radius 1 is 0.973 bits per heavy atom. The average molecular weight is 503 g/mol. The molecule has 192 valence electrons. The predicted octanol–water partition coefficient (Wildman–Crippen LogP) is 4.85. The van der Waals surface area contributed by atoms with Gasteiger partial charge in [-0.15, -0.1) is 0 Å². The summed E-state index contributed by atoms with van der Waals surface area (Å²) in [5.41, 5.74) is 3.67. The molecule has 1 amide bonds. The van der Waals surface area contributed by atoms with E-state index in [1.807, 2.05) is 43.8 Å². The lowest BCUT2D eigenvalue weighted by atomic mass is 9.99. The number of nitrogens with zero attached hydrogens (tertiary/aromatic N) is 6. The number of benzene rings is 1. The highest BCUT2D eigenvalue weighted by molar-refractivity contribution is 5.89. The summed E-state index contributed by atoms with van der Waals surface area (Å²) in [6.07, 6.45) is 5.26. The summed E-state index contributed by atoms with van der Waals surface area (Å²) in [4.78, 5) is 25.4. The minimum absolute atomic E-state index is 0.251. The maximum Gasteiger partial charge on any atom is 0.410 e. The summed E-state index contributed by atoms with van der Waals surface area (Å²) in [6.45, 7) is 10.0. The van der Waals surface area contributed by atoms with E-state index in [0.717, 1.165) is 47.4 Å². The third kappa shape index (κ3) is 5.94. The van der Waals surface area contributed by atoms with Gasteiger partial charge in [0.1, 0.15) is 11.4 Å². The molecule has 37 heavy (non-hydrogen) atoms. The normalized spacial score (nSPS) is 14.8. The Morgan fingerprint density at radius 2 is 1.68 bits per heavy atom. The molecule has 0 atom stereocenters. The summed E-state index contributed by atoms with van der Waals surface area (Å²) in [5.74, 6) is -0.286. The molecule has 0 saturated carbocycles. The van der Waals surface area contributed by atoms with E-state index in [2.05, 4.69) is 16.0 Å². The number of amides is 1. The summed E-state index contributed by atoms with van der Waals surface area (Å²) in [6, 6.07) is 12.3. The van der Waals surface area contributed by atoms with Gasteiger partial charge in [0, 0.05) is 67.8 Å². The molecule has 0 bridgehead atoms. The smallest absolute Gasteiger partial charge is 0.410 e. The topological polar surface area (TPSA) is 76.4 Å². The Balaban J connectivity index is 1.31. The summed E-state index contributed by atoms with van der Waals surface area (Å²) < 4.78 is 21.0. The van der Waals surface area contributed by atoms with Crippen molar-refractivity contribution in [2.75, 3.05) is 32.7 Å². The van der Waals surface area contributed by atoms with Crippen LogP contribution >= 0.6 is 0 Å². The van der Waals surface area contributed by atoms with Crippen LogP contribution in [0.1, 0.15) is 20.8 Å². The van der Waals surface area contributed by atoms with Crippen LogP contribution in [-0.4, -0.2) is 74.0 Å². The highest BCUT2D eigenvalue weighted by Gasteiger charge is 2.25. The van der Waals surface area contributed by atoms with Gasteiger partial charge in [-0.05, 0) is 68.8 Å². The van der Waals surface area contributed by atoms with Gasteiger partial charge in [-0.25, -0.2) is 14.2 Å². The summed E-state index contributed by atoms with van der Waals surface area (Å²) in [7, 11) is 0. The van der Waals surface area contributed by atoms with Crippen LogP contribution in [0.5, 0.6) is 0 Å². The summed E-state index contributed by atoms with van der Waals surface area (Å²) in [5, 5.41) is 5.66. The largest absolute Gasteiger partial charge is 0.444 e. The SMILES string of the molecule is CC(C)(C)OC(=O)N1CCN(CCn2cc3cc(-c4ccncc4)c(-c4ccc(F)cc4)nc3n2)CC1. The van der Waals surface area contributed by atoms with Crippen molar-refractivity contribution < 1.29 is 13.9 Å². The number of carbonyl (C=O) groups is 1. The number of ether oxygens (including phenoxy) is 1. The van der Waals surface area contributed by atoms with Crippen molar-refractivity contribution in [3.05, 3.63) is 66.9 Å². The molecular weight excluding hydrogens is 471 g/mol. The van der Waals surface area contributed by atoms with Crippen LogP contribution in [0.2, 0.25) is 0 Å². The fraction of sp³-hybridized carbons (Fsp3) is 0.357. The number of aromatic nitrogens is 4. The van der Waals surface area contributed by atoms with E-state index in [0.29, 0.717) is 25.3 Å². The monoisotopic (exact) mass is 502 g/mol. The second-order valence-electron chi connectivity index (χ2n) is 10.2. The molecule has 0 radical (unpaired) electrons. The third-order valence-electron chi connectivity index (χ3n) is 6.32. The van der Waals surface area contributed by atoms with E-state index in [1.54, 1.807) is 29.4 Å². The van der Waals surface area contributed by atoms with Crippen molar-refractivity contribution in [2.45, 2.75) is 32.9 Å². The van der Waals surface area contributed by atoms with Crippen LogP contribution in [0, 0.1) is 5.82 Å². The van der Waals surface area contributed by atoms with Gasteiger partial charge in [0.2, 0.25) is 0 Å². The van der Waals surface area contributed by atoms with E-state index in [9.17, 15) is 9.18 Å². The lowest BCUT2D eigenvalue weighted by Crippen LogP contribution is -2.50. The molecule has 4 aromatic rings. The van der Waals surface area contributed by atoms with Crippen LogP contribution < -0.4 is 0 Å². The van der Waals surface area contributed by atoms with Crippen molar-refractivity contribution in [2.24, 2.45) is 0 Å². The van der Waals surface area contributed by atoms with Crippen LogP contribution in [-0.2, 0) is 11.3 Å². The fourth-order valence-corrected chi connectivity index (χ4v) is 4.42. The molecule has 0 unspecified atom stereocenters. The Bertz CT molecular complexity index is 1370. The number of piperazine rings is 1. The molecule has 0 N–H and O–H groups in total. The van der Waals surface area contributed by atoms with Crippen LogP contribution in [0.3, 0.4) is 0 Å². The minimum atomic E-state index is -0.488. The lowest BCUT2D eigenvalue weighted by molar-refractivity contribution is 0.0142. The highest BCUT2D eigenvalue weighted by atomic mass is 19.1. The van der Waals surface area contributed by atoms with E-state index in [-0.39, 0.29) is 11.9 Å². The molecule has 0 spiro atoms. The Morgan fingerprint density at radius 3 is 2.35 bits per heavy atom. The number of halogens is 1. The molecule has 1 saturated heterocycles. The standard InChI is InChI=1S/C28H31FN6O2/c1-28(2,3)37-27(36)34-15-12-33(13-16-34)14-17-35-19-22-18-24(20-8-10-30-11-9-20)25(31-26(22)32-35)21-4-6-23(29)7-5-21/h4-11,18-19H,12-17H2,1-3H3. The van der Waals surface area contributed by atoms with Gasteiger partial charge < -0.3 is 9.64 Å². The molecule has 0 aliphatic carbocycles. The van der Waals surface area contributed by atoms with Crippen molar-refractivity contribution in [1.82, 2.24) is 29.5 Å². The highest BCUT2D eigenvalue weighted by Crippen LogP contribution is 2.33.